The fourth-order valence-electron chi connectivity index (χ4n) is 2.78. The van der Waals surface area contributed by atoms with Crippen molar-refractivity contribution in [3.05, 3.63) is 71.3 Å². The van der Waals surface area contributed by atoms with Crippen molar-refractivity contribution >= 4 is 18.2 Å². The average molecular weight is 443 g/mol. The molecule has 0 bridgehead atoms. The summed E-state index contributed by atoms with van der Waals surface area (Å²) in [6.45, 7) is 5.81. The molecule has 0 saturated heterocycles. The van der Waals surface area contributed by atoms with Crippen molar-refractivity contribution < 1.29 is 28.6 Å². The zero-order valence-corrected chi connectivity index (χ0v) is 18.8. The number of amides is 2. The lowest BCUT2D eigenvalue weighted by Gasteiger charge is -2.23. The van der Waals surface area contributed by atoms with Crippen LogP contribution in [-0.2, 0) is 32.0 Å². The third kappa shape index (κ3) is 8.67. The monoisotopic (exact) mass is 442 g/mol. The second-order valence-corrected chi connectivity index (χ2v) is 8.08. The molecule has 2 rings (SSSR count). The van der Waals surface area contributed by atoms with E-state index in [1.54, 1.807) is 32.9 Å². The second-order valence-electron chi connectivity index (χ2n) is 8.08. The van der Waals surface area contributed by atoms with Crippen LogP contribution in [0.3, 0.4) is 0 Å². The maximum absolute atomic E-state index is 12.2. The first kappa shape index (κ1) is 24.7. The van der Waals surface area contributed by atoms with Crippen molar-refractivity contribution in [3.8, 4) is 0 Å². The highest BCUT2D eigenvalue weighted by Gasteiger charge is 2.26. The van der Waals surface area contributed by atoms with Crippen LogP contribution in [0.1, 0.15) is 43.5 Å². The van der Waals surface area contributed by atoms with Crippen molar-refractivity contribution in [1.29, 1.82) is 0 Å². The number of alkyl carbamates (subject to hydrolysis) is 2. The van der Waals surface area contributed by atoms with Gasteiger partial charge in [0.2, 0.25) is 0 Å². The second kappa shape index (κ2) is 11.7. The van der Waals surface area contributed by atoms with E-state index in [0.29, 0.717) is 18.5 Å². The number of carbonyl (C=O) groups excluding carboxylic acids is 3. The highest BCUT2D eigenvalue weighted by molar-refractivity contribution is 5.82. The van der Waals surface area contributed by atoms with Gasteiger partial charge in [-0.15, -0.1) is 0 Å². The third-order valence-electron chi connectivity index (χ3n) is 4.31. The van der Waals surface area contributed by atoms with E-state index in [1.807, 2.05) is 42.5 Å². The van der Waals surface area contributed by atoms with Gasteiger partial charge in [-0.3, -0.25) is 0 Å². The fraction of sp³-hybridized carbons (Fsp3) is 0.375. The molecule has 0 saturated carbocycles. The van der Waals surface area contributed by atoms with Gasteiger partial charge in [0.1, 0.15) is 12.2 Å². The summed E-state index contributed by atoms with van der Waals surface area (Å²) in [5.41, 5.74) is 1.72. The van der Waals surface area contributed by atoms with Gasteiger partial charge in [0.15, 0.2) is 6.04 Å². The first-order chi connectivity index (χ1) is 15.2. The quantitative estimate of drug-likeness (QED) is 0.475. The van der Waals surface area contributed by atoms with Crippen LogP contribution in [0, 0.1) is 0 Å². The van der Waals surface area contributed by atoms with E-state index in [2.05, 4.69) is 10.6 Å². The first-order valence-electron chi connectivity index (χ1n) is 10.3. The number of carbonyl (C=O) groups is 3. The summed E-state index contributed by atoms with van der Waals surface area (Å²) in [6.07, 6.45) is -0.628. The van der Waals surface area contributed by atoms with Gasteiger partial charge in [0.25, 0.3) is 0 Å². The van der Waals surface area contributed by atoms with Crippen molar-refractivity contribution in [3.63, 3.8) is 0 Å². The Hall–Kier alpha value is -3.55. The molecule has 0 aliphatic carbocycles. The van der Waals surface area contributed by atoms with E-state index in [4.69, 9.17) is 14.2 Å². The number of hydrogen-bond acceptors (Lipinski definition) is 6. The smallest absolute Gasteiger partial charge is 0.408 e. The van der Waals surface area contributed by atoms with Crippen molar-refractivity contribution in [2.45, 2.75) is 45.4 Å². The summed E-state index contributed by atoms with van der Waals surface area (Å²) in [4.78, 5) is 36.1. The Kier molecular flexibility index (Phi) is 9.07. The van der Waals surface area contributed by atoms with Gasteiger partial charge in [-0.05, 0) is 43.9 Å². The number of methoxy groups -OCH3 is 1. The number of ether oxygens (including phenoxy) is 3. The minimum Gasteiger partial charge on any atom is -0.467 e. The zero-order valence-electron chi connectivity index (χ0n) is 18.8. The number of benzene rings is 2. The van der Waals surface area contributed by atoms with E-state index < -0.39 is 29.8 Å². The summed E-state index contributed by atoms with van der Waals surface area (Å²) in [5, 5.41) is 5.24. The summed E-state index contributed by atoms with van der Waals surface area (Å²) in [7, 11) is 1.25. The van der Waals surface area contributed by atoms with Gasteiger partial charge in [-0.1, -0.05) is 54.6 Å². The van der Waals surface area contributed by atoms with Gasteiger partial charge in [-0.25, -0.2) is 14.4 Å². The highest BCUT2D eigenvalue weighted by atomic mass is 16.6. The minimum atomic E-state index is -0.991. The molecule has 0 aliphatic heterocycles. The summed E-state index contributed by atoms with van der Waals surface area (Å²) in [5.74, 6) is -0.605. The lowest BCUT2D eigenvalue weighted by atomic mass is 10.0. The Morgan fingerprint density at radius 1 is 0.906 bits per heavy atom. The molecule has 1 unspecified atom stereocenters. The summed E-state index contributed by atoms with van der Waals surface area (Å²) >= 11 is 0. The molecule has 2 aromatic carbocycles. The van der Waals surface area contributed by atoms with Gasteiger partial charge in [0, 0.05) is 6.54 Å². The molecule has 32 heavy (non-hydrogen) atoms. The SMILES string of the molecule is COC(=O)C(NC(=O)OC(C)(C)C)c1ccc(CCNC(=O)OCc2ccccc2)cc1. The standard InChI is InChI=1S/C24H30N2O6/c1-24(2,3)32-23(29)26-20(21(27)30-4)19-12-10-17(11-13-19)14-15-25-22(28)31-16-18-8-6-5-7-9-18/h5-13,20H,14-16H2,1-4H3,(H,25,28)(H,26,29). The first-order valence-corrected chi connectivity index (χ1v) is 10.3. The summed E-state index contributed by atoms with van der Waals surface area (Å²) < 4.78 is 15.2. The zero-order chi connectivity index (χ0) is 23.6. The van der Waals surface area contributed by atoms with Crippen molar-refractivity contribution in [2.75, 3.05) is 13.7 Å². The molecule has 0 spiro atoms. The molecule has 0 radical (unpaired) electrons. The molecule has 8 nitrogen and oxygen atoms in total. The van der Waals surface area contributed by atoms with Crippen LogP contribution >= 0.6 is 0 Å². The van der Waals surface area contributed by atoms with E-state index in [-0.39, 0.29) is 6.61 Å². The Balaban J connectivity index is 1.86. The Morgan fingerprint density at radius 2 is 1.56 bits per heavy atom. The van der Waals surface area contributed by atoms with E-state index in [9.17, 15) is 14.4 Å². The number of hydrogen-bond donors (Lipinski definition) is 2. The van der Waals surface area contributed by atoms with Crippen LogP contribution in [0.25, 0.3) is 0 Å². The largest absolute Gasteiger partial charge is 0.467 e. The maximum Gasteiger partial charge on any atom is 0.408 e. The Labute approximate surface area is 188 Å². The van der Waals surface area contributed by atoms with Gasteiger partial charge >= 0.3 is 18.2 Å². The molecule has 0 heterocycles. The molecule has 0 aliphatic rings. The number of esters is 1. The molecule has 8 heteroatoms. The molecular formula is C24H30N2O6. The molecule has 2 N–H and O–H groups in total. The average Bonchev–Trinajstić information content (AvgIpc) is 2.75. The van der Waals surface area contributed by atoms with Crippen LogP contribution in [0.2, 0.25) is 0 Å². The molecule has 0 aromatic heterocycles. The molecule has 172 valence electrons. The Morgan fingerprint density at radius 3 is 2.16 bits per heavy atom. The molecule has 1 atom stereocenters. The van der Waals surface area contributed by atoms with Gasteiger partial charge in [0.05, 0.1) is 7.11 Å². The molecule has 2 amide bonds. The molecular weight excluding hydrogens is 412 g/mol. The predicted molar refractivity (Wildman–Crippen MR) is 119 cm³/mol. The van der Waals surface area contributed by atoms with E-state index in [0.717, 1.165) is 11.1 Å². The van der Waals surface area contributed by atoms with Crippen molar-refractivity contribution in [1.82, 2.24) is 10.6 Å². The maximum atomic E-state index is 12.2. The number of rotatable bonds is 8. The van der Waals surface area contributed by atoms with E-state index in [1.165, 1.54) is 7.11 Å². The van der Waals surface area contributed by atoms with Crippen molar-refractivity contribution in [2.24, 2.45) is 0 Å². The van der Waals surface area contributed by atoms with Crippen LogP contribution in [-0.4, -0.2) is 37.4 Å². The normalized spacial score (nSPS) is 11.8. The number of nitrogens with one attached hydrogen (secondary N) is 2. The van der Waals surface area contributed by atoms with Crippen LogP contribution < -0.4 is 10.6 Å². The topological polar surface area (TPSA) is 103 Å². The van der Waals surface area contributed by atoms with Crippen LogP contribution in [0.15, 0.2) is 54.6 Å². The lowest BCUT2D eigenvalue weighted by Crippen LogP contribution is -2.38. The third-order valence-corrected chi connectivity index (χ3v) is 4.31. The van der Waals surface area contributed by atoms with Gasteiger partial charge in [-0.2, -0.15) is 0 Å². The minimum absolute atomic E-state index is 0.209. The Bertz CT molecular complexity index is 891. The fourth-order valence-corrected chi connectivity index (χ4v) is 2.78. The highest BCUT2D eigenvalue weighted by Crippen LogP contribution is 2.17. The van der Waals surface area contributed by atoms with Crippen LogP contribution in [0.5, 0.6) is 0 Å². The molecule has 2 aromatic rings. The predicted octanol–water partition coefficient (Wildman–Crippen LogP) is 3.89. The van der Waals surface area contributed by atoms with Crippen LogP contribution in [0.4, 0.5) is 9.59 Å². The van der Waals surface area contributed by atoms with E-state index >= 15 is 0 Å². The summed E-state index contributed by atoms with van der Waals surface area (Å²) in [6, 6.07) is 15.5. The molecule has 0 fully saturated rings. The lowest BCUT2D eigenvalue weighted by molar-refractivity contribution is -0.143. The van der Waals surface area contributed by atoms with Gasteiger partial charge < -0.3 is 24.8 Å².